The van der Waals surface area contributed by atoms with Crippen molar-refractivity contribution < 1.29 is 0 Å². The standard InChI is InChI=1S/C12H15BrCl2/c1-3-4-8(2)12(13)9-5-6-10(14)11(15)7-9/h5-8,12H,3-4H2,1-2H3. The van der Waals surface area contributed by atoms with Crippen LogP contribution in [0, 0.1) is 5.92 Å². The van der Waals surface area contributed by atoms with Gasteiger partial charge < -0.3 is 0 Å². The van der Waals surface area contributed by atoms with Crippen molar-refractivity contribution in [3.05, 3.63) is 33.8 Å². The second-order valence-electron chi connectivity index (χ2n) is 3.84. The van der Waals surface area contributed by atoms with Gasteiger partial charge in [-0.3, -0.25) is 0 Å². The summed E-state index contributed by atoms with van der Waals surface area (Å²) in [6, 6.07) is 5.82. The topological polar surface area (TPSA) is 0 Å². The number of rotatable bonds is 4. The van der Waals surface area contributed by atoms with E-state index in [2.05, 4.69) is 29.8 Å². The Morgan fingerprint density at radius 1 is 1.27 bits per heavy atom. The summed E-state index contributed by atoms with van der Waals surface area (Å²) in [4.78, 5) is 0.354. The zero-order valence-corrected chi connectivity index (χ0v) is 12.0. The number of hydrogen-bond acceptors (Lipinski definition) is 0. The Labute approximate surface area is 110 Å². The predicted octanol–water partition coefficient (Wildman–Crippen LogP) is 5.87. The van der Waals surface area contributed by atoms with E-state index in [1.54, 1.807) is 0 Å². The van der Waals surface area contributed by atoms with Crippen molar-refractivity contribution in [1.29, 1.82) is 0 Å². The van der Waals surface area contributed by atoms with Crippen LogP contribution in [-0.4, -0.2) is 0 Å². The molecule has 0 fully saturated rings. The summed E-state index contributed by atoms with van der Waals surface area (Å²) in [5, 5.41) is 1.24. The van der Waals surface area contributed by atoms with Crippen LogP contribution in [0.3, 0.4) is 0 Å². The Morgan fingerprint density at radius 3 is 2.47 bits per heavy atom. The maximum absolute atomic E-state index is 5.99. The molecule has 0 aliphatic rings. The largest absolute Gasteiger partial charge is 0.0836 e. The van der Waals surface area contributed by atoms with E-state index in [1.807, 2.05) is 18.2 Å². The SMILES string of the molecule is CCCC(C)C(Br)c1ccc(Cl)c(Cl)c1. The van der Waals surface area contributed by atoms with Gasteiger partial charge in [-0.15, -0.1) is 0 Å². The van der Waals surface area contributed by atoms with Crippen molar-refractivity contribution in [1.82, 2.24) is 0 Å². The number of hydrogen-bond donors (Lipinski definition) is 0. The fourth-order valence-electron chi connectivity index (χ4n) is 1.61. The maximum Gasteiger partial charge on any atom is 0.0595 e. The van der Waals surface area contributed by atoms with Crippen LogP contribution >= 0.6 is 39.1 Å². The van der Waals surface area contributed by atoms with Gasteiger partial charge >= 0.3 is 0 Å². The third-order valence-corrected chi connectivity index (χ3v) is 4.68. The molecule has 0 N–H and O–H groups in total. The van der Waals surface area contributed by atoms with Crippen molar-refractivity contribution in [2.24, 2.45) is 5.92 Å². The molecule has 0 heterocycles. The quantitative estimate of drug-likeness (QED) is 0.610. The average molecular weight is 310 g/mol. The van der Waals surface area contributed by atoms with Crippen molar-refractivity contribution in [2.75, 3.05) is 0 Å². The molecule has 2 atom stereocenters. The summed E-state index contributed by atoms with van der Waals surface area (Å²) in [6.07, 6.45) is 2.40. The molecule has 3 heteroatoms. The summed E-state index contributed by atoms with van der Waals surface area (Å²) in [5.41, 5.74) is 1.20. The lowest BCUT2D eigenvalue weighted by molar-refractivity contribution is 0.519. The number of alkyl halides is 1. The zero-order valence-electron chi connectivity index (χ0n) is 8.93. The number of benzene rings is 1. The minimum atomic E-state index is 0.354. The highest BCUT2D eigenvalue weighted by Crippen LogP contribution is 2.36. The fourth-order valence-corrected chi connectivity index (χ4v) is 2.47. The van der Waals surface area contributed by atoms with Crippen LogP contribution < -0.4 is 0 Å². The molecule has 1 aromatic carbocycles. The normalized spacial score (nSPS) is 15.0. The van der Waals surface area contributed by atoms with Crippen molar-refractivity contribution >= 4 is 39.1 Å². The van der Waals surface area contributed by atoms with E-state index >= 15 is 0 Å². The van der Waals surface area contributed by atoms with Gasteiger partial charge in [0.25, 0.3) is 0 Å². The van der Waals surface area contributed by atoms with Gasteiger partial charge in [0, 0.05) is 4.83 Å². The van der Waals surface area contributed by atoms with E-state index < -0.39 is 0 Å². The second kappa shape index (κ2) is 6.12. The van der Waals surface area contributed by atoms with E-state index in [4.69, 9.17) is 23.2 Å². The molecular weight excluding hydrogens is 295 g/mol. The lowest BCUT2D eigenvalue weighted by Crippen LogP contribution is -2.03. The molecule has 0 amide bonds. The van der Waals surface area contributed by atoms with Crippen LogP contribution in [-0.2, 0) is 0 Å². The highest BCUT2D eigenvalue weighted by Gasteiger charge is 2.16. The summed E-state index contributed by atoms with van der Waals surface area (Å²) >= 11 is 15.6. The highest BCUT2D eigenvalue weighted by molar-refractivity contribution is 9.09. The molecule has 1 aromatic rings. The second-order valence-corrected chi connectivity index (χ2v) is 5.64. The first-order valence-corrected chi connectivity index (χ1v) is 6.82. The van der Waals surface area contributed by atoms with Crippen LogP contribution in [0.15, 0.2) is 18.2 Å². The molecule has 15 heavy (non-hydrogen) atoms. The summed E-state index contributed by atoms with van der Waals surface area (Å²) < 4.78 is 0. The van der Waals surface area contributed by atoms with Crippen LogP contribution in [0.2, 0.25) is 10.0 Å². The summed E-state index contributed by atoms with van der Waals surface area (Å²) in [5.74, 6) is 0.604. The smallest absolute Gasteiger partial charge is 0.0595 e. The third kappa shape index (κ3) is 3.65. The van der Waals surface area contributed by atoms with Crippen molar-refractivity contribution in [3.63, 3.8) is 0 Å². The van der Waals surface area contributed by atoms with Crippen LogP contribution in [0.25, 0.3) is 0 Å². The minimum absolute atomic E-state index is 0.354. The van der Waals surface area contributed by atoms with Gasteiger partial charge in [-0.05, 0) is 30.0 Å². The first-order valence-electron chi connectivity index (χ1n) is 5.15. The molecule has 84 valence electrons. The average Bonchev–Trinajstić information content (AvgIpc) is 2.21. The predicted molar refractivity (Wildman–Crippen MR) is 72.2 cm³/mol. The van der Waals surface area contributed by atoms with Gasteiger partial charge in [-0.1, -0.05) is 65.5 Å². The lowest BCUT2D eigenvalue weighted by Gasteiger charge is -2.18. The van der Waals surface area contributed by atoms with Gasteiger partial charge in [-0.2, -0.15) is 0 Å². The van der Waals surface area contributed by atoms with Crippen LogP contribution in [0.5, 0.6) is 0 Å². The molecule has 2 unspecified atom stereocenters. The zero-order chi connectivity index (χ0) is 11.4. The van der Waals surface area contributed by atoms with Gasteiger partial charge in [0.2, 0.25) is 0 Å². The molecule has 0 saturated carbocycles. The Kier molecular flexibility index (Phi) is 5.45. The minimum Gasteiger partial charge on any atom is -0.0836 e. The van der Waals surface area contributed by atoms with Gasteiger partial charge in [-0.25, -0.2) is 0 Å². The maximum atomic E-state index is 5.99. The van der Waals surface area contributed by atoms with Crippen molar-refractivity contribution in [3.8, 4) is 0 Å². The molecule has 0 aromatic heterocycles. The first-order chi connectivity index (χ1) is 7.06. The molecule has 0 aliphatic heterocycles. The number of halogens is 3. The van der Waals surface area contributed by atoms with E-state index in [-0.39, 0.29) is 0 Å². The van der Waals surface area contributed by atoms with Gasteiger partial charge in [0.15, 0.2) is 0 Å². The highest BCUT2D eigenvalue weighted by atomic mass is 79.9. The summed E-state index contributed by atoms with van der Waals surface area (Å²) in [6.45, 7) is 4.44. The first kappa shape index (κ1) is 13.3. The van der Waals surface area contributed by atoms with Crippen LogP contribution in [0.1, 0.15) is 37.1 Å². The van der Waals surface area contributed by atoms with Crippen LogP contribution in [0.4, 0.5) is 0 Å². The molecule has 0 bridgehead atoms. The molecule has 0 aliphatic carbocycles. The Balaban J connectivity index is 2.81. The lowest BCUT2D eigenvalue weighted by atomic mass is 9.97. The van der Waals surface area contributed by atoms with Crippen molar-refractivity contribution in [2.45, 2.75) is 31.5 Å². The van der Waals surface area contributed by atoms with E-state index in [1.165, 1.54) is 18.4 Å². The fraction of sp³-hybridized carbons (Fsp3) is 0.500. The van der Waals surface area contributed by atoms with Gasteiger partial charge in [0.05, 0.1) is 10.0 Å². The van der Waals surface area contributed by atoms with E-state index in [9.17, 15) is 0 Å². The monoisotopic (exact) mass is 308 g/mol. The summed E-state index contributed by atoms with van der Waals surface area (Å²) in [7, 11) is 0. The molecule has 0 radical (unpaired) electrons. The Bertz CT molecular complexity index is 325. The molecule has 0 saturated heterocycles. The molecule has 0 spiro atoms. The van der Waals surface area contributed by atoms with Gasteiger partial charge in [0.1, 0.15) is 0 Å². The molecular formula is C12H15BrCl2. The third-order valence-electron chi connectivity index (χ3n) is 2.51. The Hall–Kier alpha value is 0.280. The van der Waals surface area contributed by atoms with E-state index in [0.717, 1.165) is 0 Å². The molecule has 1 rings (SSSR count). The Morgan fingerprint density at radius 2 is 1.93 bits per heavy atom. The van der Waals surface area contributed by atoms with E-state index in [0.29, 0.717) is 20.8 Å². The molecule has 0 nitrogen and oxygen atoms in total.